The summed E-state index contributed by atoms with van der Waals surface area (Å²) in [6, 6.07) is 13.0. The van der Waals surface area contributed by atoms with Crippen LogP contribution in [0.25, 0.3) is 10.2 Å². The number of fused-ring (bicyclic) bond motifs is 1. The Labute approximate surface area is 179 Å². The zero-order valence-electron chi connectivity index (χ0n) is 16.3. The van der Waals surface area contributed by atoms with Crippen LogP contribution in [0.3, 0.4) is 0 Å². The number of hydrogen-bond acceptors (Lipinski definition) is 6. The second-order valence-electron chi connectivity index (χ2n) is 7.09. The van der Waals surface area contributed by atoms with Gasteiger partial charge in [0.1, 0.15) is 5.75 Å². The molecular formula is C22H23ClN2O3S. The van der Waals surface area contributed by atoms with Crippen LogP contribution in [-0.4, -0.2) is 37.3 Å². The lowest BCUT2D eigenvalue weighted by Crippen LogP contribution is -2.35. The molecule has 0 bridgehead atoms. The van der Waals surface area contributed by atoms with Gasteiger partial charge >= 0.3 is 5.97 Å². The molecule has 5 nitrogen and oxygen atoms in total. The van der Waals surface area contributed by atoms with E-state index in [2.05, 4.69) is 4.90 Å². The van der Waals surface area contributed by atoms with Crippen molar-refractivity contribution >= 4 is 44.3 Å². The molecule has 1 aliphatic heterocycles. The molecule has 0 atom stereocenters. The van der Waals surface area contributed by atoms with Crippen LogP contribution >= 0.6 is 22.9 Å². The van der Waals surface area contributed by atoms with Crippen molar-refractivity contribution in [1.29, 1.82) is 0 Å². The number of benzene rings is 2. The van der Waals surface area contributed by atoms with E-state index in [-0.39, 0.29) is 5.97 Å². The summed E-state index contributed by atoms with van der Waals surface area (Å²) in [5, 5.41) is 1.81. The summed E-state index contributed by atoms with van der Waals surface area (Å²) in [4.78, 5) is 18.8. The first-order valence-corrected chi connectivity index (χ1v) is 11.0. The van der Waals surface area contributed by atoms with Gasteiger partial charge in [-0.15, -0.1) is 0 Å². The van der Waals surface area contributed by atoms with Gasteiger partial charge in [0.25, 0.3) is 0 Å². The van der Waals surface area contributed by atoms with Crippen molar-refractivity contribution < 1.29 is 14.3 Å². The zero-order chi connectivity index (χ0) is 20.2. The second kappa shape index (κ2) is 9.01. The molecular weight excluding hydrogens is 408 g/mol. The predicted octanol–water partition coefficient (Wildman–Crippen LogP) is 5.42. The molecule has 0 saturated carbocycles. The van der Waals surface area contributed by atoms with Gasteiger partial charge in [-0.25, -0.2) is 9.78 Å². The number of halogens is 1. The van der Waals surface area contributed by atoms with Gasteiger partial charge in [-0.2, -0.15) is 0 Å². The number of esters is 1. The number of rotatable bonds is 6. The highest BCUT2D eigenvalue weighted by Crippen LogP contribution is 2.33. The van der Waals surface area contributed by atoms with Gasteiger partial charge in [0, 0.05) is 18.1 Å². The lowest BCUT2D eigenvalue weighted by atomic mass is 9.98. The third-order valence-corrected chi connectivity index (χ3v) is 6.39. The molecule has 0 radical (unpaired) electrons. The van der Waals surface area contributed by atoms with Crippen molar-refractivity contribution in [2.45, 2.75) is 19.8 Å². The number of anilines is 1. The lowest BCUT2D eigenvalue weighted by Gasteiger charge is -2.31. The Morgan fingerprint density at radius 1 is 1.21 bits per heavy atom. The monoisotopic (exact) mass is 430 g/mol. The van der Waals surface area contributed by atoms with Crippen LogP contribution in [-0.2, 0) is 4.74 Å². The molecule has 2 aromatic carbocycles. The Morgan fingerprint density at radius 2 is 1.97 bits per heavy atom. The molecule has 2 heterocycles. The number of aromatic nitrogens is 1. The Morgan fingerprint density at radius 3 is 2.69 bits per heavy atom. The van der Waals surface area contributed by atoms with Gasteiger partial charge < -0.3 is 14.4 Å². The van der Waals surface area contributed by atoms with E-state index in [1.165, 1.54) is 0 Å². The van der Waals surface area contributed by atoms with Crippen LogP contribution in [0.4, 0.5) is 5.13 Å². The molecule has 4 rings (SSSR count). The second-order valence-corrected chi connectivity index (χ2v) is 8.54. The first-order valence-electron chi connectivity index (χ1n) is 9.83. The first-order chi connectivity index (χ1) is 14.1. The maximum absolute atomic E-state index is 11.7. The first kappa shape index (κ1) is 20.0. The lowest BCUT2D eigenvalue weighted by molar-refractivity contribution is 0.0526. The normalized spacial score (nSPS) is 14.9. The summed E-state index contributed by atoms with van der Waals surface area (Å²) in [6.07, 6.45) is 2.13. The Hall–Kier alpha value is -2.31. The van der Waals surface area contributed by atoms with E-state index >= 15 is 0 Å². The molecule has 152 valence electrons. The van der Waals surface area contributed by atoms with E-state index in [1.807, 2.05) is 30.3 Å². The standard InChI is InChI=1S/C22H23ClN2O3S/c1-2-27-21(26)16-3-6-18(7-4-16)28-14-15-9-11-25(12-10-15)22-24-19-8-5-17(23)13-20(19)29-22/h3-8,13,15H,2,9-12,14H2,1H3. The fourth-order valence-electron chi connectivity index (χ4n) is 3.43. The number of ether oxygens (including phenoxy) is 2. The average Bonchev–Trinajstić information content (AvgIpc) is 3.16. The highest BCUT2D eigenvalue weighted by Gasteiger charge is 2.22. The van der Waals surface area contributed by atoms with Crippen molar-refractivity contribution in [3.05, 3.63) is 53.1 Å². The van der Waals surface area contributed by atoms with E-state index in [1.54, 1.807) is 30.4 Å². The maximum atomic E-state index is 11.7. The van der Waals surface area contributed by atoms with Crippen LogP contribution in [0.1, 0.15) is 30.1 Å². The maximum Gasteiger partial charge on any atom is 0.338 e. The molecule has 1 saturated heterocycles. The molecule has 0 aliphatic carbocycles. The Bertz CT molecular complexity index is 981. The topological polar surface area (TPSA) is 51.7 Å². The molecule has 1 aliphatic rings. The van der Waals surface area contributed by atoms with Crippen molar-refractivity contribution in [3.8, 4) is 5.75 Å². The fourth-order valence-corrected chi connectivity index (χ4v) is 4.72. The summed E-state index contributed by atoms with van der Waals surface area (Å²) in [5.74, 6) is 0.992. The van der Waals surface area contributed by atoms with Gasteiger partial charge in [0.15, 0.2) is 5.13 Å². The number of nitrogens with zero attached hydrogens (tertiary/aromatic N) is 2. The van der Waals surface area contributed by atoms with Gasteiger partial charge in [-0.05, 0) is 68.1 Å². The smallest absolute Gasteiger partial charge is 0.338 e. The SMILES string of the molecule is CCOC(=O)c1ccc(OCC2CCN(c3nc4ccc(Cl)cc4s3)CC2)cc1. The van der Waals surface area contributed by atoms with Crippen LogP contribution in [0.2, 0.25) is 5.02 Å². The molecule has 0 N–H and O–H groups in total. The molecule has 0 unspecified atom stereocenters. The molecule has 7 heteroatoms. The van der Waals surface area contributed by atoms with Crippen molar-refractivity contribution in [2.24, 2.45) is 5.92 Å². The minimum Gasteiger partial charge on any atom is -0.493 e. The third kappa shape index (κ3) is 4.82. The van der Waals surface area contributed by atoms with Crippen LogP contribution in [0, 0.1) is 5.92 Å². The van der Waals surface area contributed by atoms with Crippen molar-refractivity contribution in [1.82, 2.24) is 4.98 Å². The van der Waals surface area contributed by atoms with Gasteiger partial charge in [-0.3, -0.25) is 0 Å². The Balaban J connectivity index is 1.28. The fraction of sp³-hybridized carbons (Fsp3) is 0.364. The molecule has 0 spiro atoms. The molecule has 3 aromatic rings. The summed E-state index contributed by atoms with van der Waals surface area (Å²) in [7, 11) is 0. The highest BCUT2D eigenvalue weighted by molar-refractivity contribution is 7.22. The van der Waals surface area contributed by atoms with E-state index < -0.39 is 0 Å². The zero-order valence-corrected chi connectivity index (χ0v) is 17.8. The number of carbonyl (C=O) groups is 1. The number of hydrogen-bond donors (Lipinski definition) is 0. The minimum absolute atomic E-state index is 0.302. The molecule has 1 fully saturated rings. The predicted molar refractivity (Wildman–Crippen MR) is 117 cm³/mol. The van der Waals surface area contributed by atoms with Gasteiger partial charge in [0.2, 0.25) is 0 Å². The minimum atomic E-state index is -0.302. The van der Waals surface area contributed by atoms with Crippen molar-refractivity contribution in [3.63, 3.8) is 0 Å². The summed E-state index contributed by atoms with van der Waals surface area (Å²) in [5.41, 5.74) is 1.55. The Kier molecular flexibility index (Phi) is 6.21. The molecule has 29 heavy (non-hydrogen) atoms. The highest BCUT2D eigenvalue weighted by atomic mass is 35.5. The number of piperidine rings is 1. The van der Waals surface area contributed by atoms with E-state index in [4.69, 9.17) is 26.1 Å². The van der Waals surface area contributed by atoms with E-state index in [9.17, 15) is 4.79 Å². The van der Waals surface area contributed by atoms with E-state index in [0.717, 1.165) is 52.1 Å². The molecule has 1 aromatic heterocycles. The third-order valence-electron chi connectivity index (χ3n) is 5.08. The van der Waals surface area contributed by atoms with Gasteiger partial charge in [0.05, 0.1) is 29.0 Å². The van der Waals surface area contributed by atoms with E-state index in [0.29, 0.717) is 24.7 Å². The number of carbonyl (C=O) groups excluding carboxylic acids is 1. The van der Waals surface area contributed by atoms with Crippen LogP contribution < -0.4 is 9.64 Å². The van der Waals surface area contributed by atoms with Gasteiger partial charge in [-0.1, -0.05) is 22.9 Å². The summed E-state index contributed by atoms with van der Waals surface area (Å²) < 4.78 is 12.1. The van der Waals surface area contributed by atoms with Crippen LogP contribution in [0.15, 0.2) is 42.5 Å². The summed E-state index contributed by atoms with van der Waals surface area (Å²) in [6.45, 7) is 4.81. The number of thiazole rings is 1. The van der Waals surface area contributed by atoms with Crippen LogP contribution in [0.5, 0.6) is 5.75 Å². The largest absolute Gasteiger partial charge is 0.493 e. The average molecular weight is 431 g/mol. The quantitative estimate of drug-likeness (QED) is 0.488. The summed E-state index contributed by atoms with van der Waals surface area (Å²) >= 11 is 7.78. The molecule has 0 amide bonds. The van der Waals surface area contributed by atoms with Crippen molar-refractivity contribution in [2.75, 3.05) is 31.2 Å².